The molecule has 3 rings (SSSR count). The van der Waals surface area contributed by atoms with Gasteiger partial charge in [-0.25, -0.2) is 17.2 Å². The first kappa shape index (κ1) is 19.7. The van der Waals surface area contributed by atoms with Crippen LogP contribution >= 0.6 is 0 Å². The molecule has 148 valence electrons. The molecule has 0 atom stereocenters. The second kappa shape index (κ2) is 7.54. The Morgan fingerprint density at radius 1 is 1.18 bits per heavy atom. The van der Waals surface area contributed by atoms with Gasteiger partial charge >= 0.3 is 6.43 Å². The van der Waals surface area contributed by atoms with Crippen LogP contribution in [-0.2, 0) is 16.4 Å². The third-order valence-electron chi connectivity index (χ3n) is 3.52. The Hall–Kier alpha value is -3.02. The van der Waals surface area contributed by atoms with Gasteiger partial charge in [-0.2, -0.15) is 8.78 Å². The van der Waals surface area contributed by atoms with Crippen molar-refractivity contribution in [2.24, 2.45) is 0 Å². The molecule has 2 aromatic heterocycles. The summed E-state index contributed by atoms with van der Waals surface area (Å²) < 4.78 is 82.6. The van der Waals surface area contributed by atoms with Crippen LogP contribution < -0.4 is 4.72 Å². The number of nitrogens with one attached hydrogen (secondary N) is 1. The van der Waals surface area contributed by atoms with Crippen LogP contribution in [0.4, 0.5) is 23.2 Å². The number of rotatable bonds is 6. The van der Waals surface area contributed by atoms with Crippen LogP contribution in [0.25, 0.3) is 11.5 Å². The Morgan fingerprint density at radius 2 is 1.93 bits per heavy atom. The summed E-state index contributed by atoms with van der Waals surface area (Å²) in [6.07, 6.45) is -1.35. The maximum Gasteiger partial charge on any atom is 0.314 e. The van der Waals surface area contributed by atoms with Gasteiger partial charge in [0, 0.05) is 18.1 Å². The highest BCUT2D eigenvalue weighted by atomic mass is 32.2. The number of hydrogen-bond acceptors (Lipinski definition) is 6. The molecule has 2 heterocycles. The fraction of sp³-hybridized carbons (Fsp3) is 0.188. The molecule has 0 spiro atoms. The molecule has 0 aliphatic rings. The molecule has 0 saturated heterocycles. The fourth-order valence-corrected chi connectivity index (χ4v) is 2.92. The van der Waals surface area contributed by atoms with Crippen molar-refractivity contribution in [3.05, 3.63) is 59.2 Å². The predicted octanol–water partition coefficient (Wildman–Crippen LogP) is 3.31. The molecule has 0 unspecified atom stereocenters. The molecule has 0 aliphatic carbocycles. The molecule has 0 aliphatic heterocycles. The van der Waals surface area contributed by atoms with Crippen LogP contribution in [0.15, 0.2) is 34.9 Å². The van der Waals surface area contributed by atoms with Crippen molar-refractivity contribution in [1.29, 1.82) is 0 Å². The molecule has 0 radical (unpaired) electrons. The molecule has 0 fully saturated rings. The van der Waals surface area contributed by atoms with E-state index in [1.807, 2.05) is 0 Å². The van der Waals surface area contributed by atoms with Crippen molar-refractivity contribution in [1.82, 2.24) is 15.2 Å². The SMILES string of the molecule is CS(=O)(=O)Nc1cc(F)cnc1Cc1ccc(-c2nnc(C(F)F)o2)cc1F. The molecule has 1 N–H and O–H groups in total. The predicted molar refractivity (Wildman–Crippen MR) is 90.1 cm³/mol. The molecule has 0 bridgehead atoms. The summed E-state index contributed by atoms with van der Waals surface area (Å²) in [5, 5.41) is 6.60. The number of pyridine rings is 1. The van der Waals surface area contributed by atoms with E-state index in [1.54, 1.807) is 0 Å². The van der Waals surface area contributed by atoms with Crippen molar-refractivity contribution in [2.45, 2.75) is 12.8 Å². The quantitative estimate of drug-likeness (QED) is 0.619. The van der Waals surface area contributed by atoms with E-state index in [9.17, 15) is 26.0 Å². The topological polar surface area (TPSA) is 98.0 Å². The lowest BCUT2D eigenvalue weighted by atomic mass is 10.0. The van der Waals surface area contributed by atoms with E-state index in [0.717, 1.165) is 24.6 Å². The summed E-state index contributed by atoms with van der Waals surface area (Å²) in [6.45, 7) is 0. The third-order valence-corrected chi connectivity index (χ3v) is 4.11. The molecule has 0 amide bonds. The van der Waals surface area contributed by atoms with E-state index < -0.39 is 34.0 Å². The van der Waals surface area contributed by atoms with Gasteiger partial charge in [0.1, 0.15) is 11.6 Å². The van der Waals surface area contributed by atoms with Gasteiger partial charge in [-0.05, 0) is 17.7 Å². The second-order valence-corrected chi connectivity index (χ2v) is 7.50. The molecule has 7 nitrogen and oxygen atoms in total. The van der Waals surface area contributed by atoms with Crippen LogP contribution in [0.1, 0.15) is 23.6 Å². The lowest BCUT2D eigenvalue weighted by molar-refractivity contribution is 0.116. The van der Waals surface area contributed by atoms with E-state index in [4.69, 9.17) is 4.42 Å². The fourth-order valence-electron chi connectivity index (χ4n) is 2.34. The highest BCUT2D eigenvalue weighted by Gasteiger charge is 2.18. The van der Waals surface area contributed by atoms with Gasteiger partial charge in [0.05, 0.1) is 23.8 Å². The minimum Gasteiger partial charge on any atom is -0.415 e. The normalized spacial score (nSPS) is 11.8. The maximum absolute atomic E-state index is 14.5. The molecule has 1 aromatic carbocycles. The highest BCUT2D eigenvalue weighted by molar-refractivity contribution is 7.92. The number of hydrogen-bond donors (Lipinski definition) is 1. The average Bonchev–Trinajstić information content (AvgIpc) is 3.08. The number of aromatic nitrogens is 3. The minimum atomic E-state index is -3.71. The van der Waals surface area contributed by atoms with Crippen molar-refractivity contribution in [3.8, 4) is 11.5 Å². The monoisotopic (exact) mass is 416 g/mol. The van der Waals surface area contributed by atoms with Gasteiger partial charge in [0.2, 0.25) is 15.9 Å². The minimum absolute atomic E-state index is 0.0854. The van der Waals surface area contributed by atoms with Crippen molar-refractivity contribution >= 4 is 15.7 Å². The van der Waals surface area contributed by atoms with Crippen LogP contribution in [0, 0.1) is 11.6 Å². The first-order valence-electron chi connectivity index (χ1n) is 7.65. The molecule has 12 heteroatoms. The third kappa shape index (κ3) is 4.63. The van der Waals surface area contributed by atoms with Gasteiger partial charge in [0.25, 0.3) is 5.89 Å². The zero-order chi connectivity index (χ0) is 20.5. The molecule has 3 aromatic rings. The van der Waals surface area contributed by atoms with Crippen LogP contribution in [0.2, 0.25) is 0 Å². The number of sulfonamides is 1. The van der Waals surface area contributed by atoms with Crippen molar-refractivity contribution in [2.75, 3.05) is 11.0 Å². The average molecular weight is 416 g/mol. The Labute approximate surface area is 156 Å². The van der Waals surface area contributed by atoms with E-state index in [-0.39, 0.29) is 34.8 Å². The summed E-state index contributed by atoms with van der Waals surface area (Å²) in [5.41, 5.74) is 0.163. The summed E-state index contributed by atoms with van der Waals surface area (Å²) >= 11 is 0. The standard InChI is InChI=1S/C16H12F4N4O3S/c1-28(25,26)24-13-6-10(17)7-21-12(13)5-8-2-3-9(4-11(8)18)15-22-23-16(27-15)14(19)20/h2-4,6-7,14,24H,5H2,1H3. The highest BCUT2D eigenvalue weighted by Crippen LogP contribution is 2.26. The smallest absolute Gasteiger partial charge is 0.314 e. The van der Waals surface area contributed by atoms with Crippen LogP contribution in [0.5, 0.6) is 0 Å². The van der Waals surface area contributed by atoms with Crippen molar-refractivity contribution in [3.63, 3.8) is 0 Å². The molecule has 0 saturated carbocycles. The number of nitrogens with zero attached hydrogens (tertiary/aromatic N) is 3. The zero-order valence-corrected chi connectivity index (χ0v) is 15.0. The van der Waals surface area contributed by atoms with E-state index >= 15 is 0 Å². The van der Waals surface area contributed by atoms with Gasteiger partial charge in [-0.1, -0.05) is 6.07 Å². The Balaban J connectivity index is 1.89. The van der Waals surface area contributed by atoms with E-state index in [1.165, 1.54) is 12.1 Å². The molecular formula is C16H12F4N4O3S. The molecule has 28 heavy (non-hydrogen) atoms. The first-order valence-corrected chi connectivity index (χ1v) is 9.54. The number of benzene rings is 1. The van der Waals surface area contributed by atoms with Crippen LogP contribution in [-0.4, -0.2) is 29.9 Å². The van der Waals surface area contributed by atoms with Gasteiger partial charge < -0.3 is 4.42 Å². The lowest BCUT2D eigenvalue weighted by Crippen LogP contribution is -2.13. The van der Waals surface area contributed by atoms with E-state index in [0.29, 0.717) is 0 Å². The number of halogens is 4. The number of alkyl halides is 2. The van der Waals surface area contributed by atoms with Crippen molar-refractivity contribution < 1.29 is 30.4 Å². The largest absolute Gasteiger partial charge is 0.415 e. The van der Waals surface area contributed by atoms with Crippen LogP contribution in [0.3, 0.4) is 0 Å². The first-order chi connectivity index (χ1) is 13.1. The van der Waals surface area contributed by atoms with Gasteiger partial charge in [-0.3, -0.25) is 9.71 Å². The zero-order valence-electron chi connectivity index (χ0n) is 14.2. The lowest BCUT2D eigenvalue weighted by Gasteiger charge is -2.11. The van der Waals surface area contributed by atoms with Gasteiger partial charge in [-0.15, -0.1) is 10.2 Å². The Morgan fingerprint density at radius 3 is 2.54 bits per heavy atom. The number of anilines is 1. The Kier molecular flexibility index (Phi) is 5.31. The van der Waals surface area contributed by atoms with E-state index in [2.05, 4.69) is 19.9 Å². The summed E-state index contributed by atoms with van der Waals surface area (Å²) in [6, 6.07) is 4.63. The maximum atomic E-state index is 14.5. The summed E-state index contributed by atoms with van der Waals surface area (Å²) in [7, 11) is -3.71. The second-order valence-electron chi connectivity index (χ2n) is 5.75. The Bertz CT molecular complexity index is 1120. The molecular weight excluding hydrogens is 404 g/mol. The summed E-state index contributed by atoms with van der Waals surface area (Å²) in [4.78, 5) is 3.81. The van der Waals surface area contributed by atoms with Gasteiger partial charge in [0.15, 0.2) is 0 Å². The summed E-state index contributed by atoms with van der Waals surface area (Å²) in [5.74, 6) is -2.67.